The number of aromatic nitrogens is 4. The molecule has 8 nitrogen and oxygen atoms in total. The molecular weight excluding hydrogens is 492 g/mol. The molecule has 5 rings (SSSR count). The lowest BCUT2D eigenvalue weighted by Crippen LogP contribution is -2.26. The topological polar surface area (TPSA) is 109 Å². The van der Waals surface area contributed by atoms with Gasteiger partial charge in [0, 0.05) is 37.5 Å². The first kappa shape index (κ1) is 25.0. The minimum absolute atomic E-state index is 0.0375. The third-order valence-corrected chi connectivity index (χ3v) is 7.55. The molecule has 2 aliphatic rings. The molecule has 0 saturated heterocycles. The molecule has 1 amide bonds. The molecule has 2 N–H and O–H groups in total. The van der Waals surface area contributed by atoms with E-state index >= 15 is 0 Å². The number of alkyl halides is 3. The zero-order valence-electron chi connectivity index (χ0n) is 20.1. The number of benzene rings is 1. The zero-order valence-corrected chi connectivity index (χ0v) is 20.1. The number of halogens is 4. The summed E-state index contributed by atoms with van der Waals surface area (Å²) in [7, 11) is 3.07. The molecule has 12 heteroatoms. The molecule has 2 heterocycles. The van der Waals surface area contributed by atoms with E-state index in [4.69, 9.17) is 5.26 Å². The Balaban J connectivity index is 1.34. The van der Waals surface area contributed by atoms with Crippen molar-refractivity contribution in [3.8, 4) is 6.07 Å². The Morgan fingerprint density at radius 3 is 2.54 bits per heavy atom. The van der Waals surface area contributed by atoms with Crippen LogP contribution in [0.25, 0.3) is 0 Å². The Morgan fingerprint density at radius 1 is 1.24 bits per heavy atom. The van der Waals surface area contributed by atoms with Gasteiger partial charge in [0.2, 0.25) is 0 Å². The number of anilines is 1. The monoisotopic (exact) mass is 516 g/mol. The highest BCUT2D eigenvalue weighted by atomic mass is 19.4. The van der Waals surface area contributed by atoms with Gasteiger partial charge in [-0.25, -0.2) is 9.37 Å². The summed E-state index contributed by atoms with van der Waals surface area (Å²) in [4.78, 5) is 17.6. The first-order valence-electron chi connectivity index (χ1n) is 11.8. The molecule has 2 unspecified atom stereocenters. The Morgan fingerprint density at radius 2 is 1.92 bits per heavy atom. The minimum atomic E-state index is -4.67. The lowest BCUT2D eigenvalue weighted by molar-refractivity contribution is -0.144. The van der Waals surface area contributed by atoms with Crippen molar-refractivity contribution >= 4 is 11.6 Å². The van der Waals surface area contributed by atoms with Gasteiger partial charge in [-0.2, -0.15) is 23.5 Å². The van der Waals surface area contributed by atoms with Crippen LogP contribution < -0.4 is 5.32 Å². The molecule has 2 fully saturated rings. The Kier molecular flexibility index (Phi) is 5.86. The number of rotatable bonds is 4. The number of amides is 1. The maximum Gasteiger partial charge on any atom is 0.435 e. The van der Waals surface area contributed by atoms with E-state index < -0.39 is 29.2 Å². The molecule has 2 aromatic heterocycles. The van der Waals surface area contributed by atoms with Crippen molar-refractivity contribution < 1.29 is 27.5 Å². The highest BCUT2D eigenvalue weighted by molar-refractivity contribution is 6.04. The molecular formula is C25H24F4N6O2. The molecule has 1 aromatic carbocycles. The molecule has 0 spiro atoms. The number of imidazole rings is 1. The van der Waals surface area contributed by atoms with Crippen LogP contribution in [-0.2, 0) is 25.9 Å². The van der Waals surface area contributed by atoms with Gasteiger partial charge in [0.15, 0.2) is 5.69 Å². The summed E-state index contributed by atoms with van der Waals surface area (Å²) in [5.41, 5.74) is -1.92. The normalized spacial score (nSPS) is 25.2. The first-order chi connectivity index (χ1) is 17.4. The van der Waals surface area contributed by atoms with Crippen molar-refractivity contribution in [3.63, 3.8) is 0 Å². The number of nitrogens with one attached hydrogen (secondary N) is 1. The fourth-order valence-electron chi connectivity index (χ4n) is 6.05. The molecule has 3 aromatic rings. The second-order valence-electron chi connectivity index (χ2n) is 10.0. The van der Waals surface area contributed by atoms with E-state index in [0.717, 1.165) is 10.7 Å². The second-order valence-corrected chi connectivity index (χ2v) is 10.0. The lowest BCUT2D eigenvalue weighted by atomic mass is 9.87. The summed E-state index contributed by atoms with van der Waals surface area (Å²) in [5, 5.41) is 26.5. The second kappa shape index (κ2) is 8.69. The van der Waals surface area contributed by atoms with E-state index in [0.29, 0.717) is 24.2 Å². The van der Waals surface area contributed by atoms with Gasteiger partial charge >= 0.3 is 6.18 Å². The standard InChI is InChI=1S/C25H24F4N6O2/c1-34-12-31-20(21(34)23(36)32-17-3-4-19(26)16(7-17)10-30)13-5-14-8-24(37,9-15(14)6-13)18-11-35(2)33-22(18)25(27,28)29/h3-4,7,11-15,37H,5-6,8-9H2,1-2H3,(H,32,36). The summed E-state index contributed by atoms with van der Waals surface area (Å²) in [6.07, 6.45) is -0.419. The van der Waals surface area contributed by atoms with Crippen molar-refractivity contribution in [2.45, 2.75) is 43.4 Å². The maximum absolute atomic E-state index is 13.6. The number of carbonyl (C=O) groups excluding carboxylic acids is 1. The Labute approximate surface area is 209 Å². The van der Waals surface area contributed by atoms with Crippen LogP contribution in [-0.4, -0.2) is 30.3 Å². The number of nitriles is 1. The fourth-order valence-corrected chi connectivity index (χ4v) is 6.05. The van der Waals surface area contributed by atoms with Gasteiger partial charge in [-0.3, -0.25) is 9.48 Å². The summed E-state index contributed by atoms with van der Waals surface area (Å²) in [5.74, 6) is -1.34. The van der Waals surface area contributed by atoms with Crippen LogP contribution in [0, 0.1) is 29.0 Å². The molecule has 0 radical (unpaired) electrons. The number of nitrogens with zero attached hydrogens (tertiary/aromatic N) is 5. The van der Waals surface area contributed by atoms with E-state index in [-0.39, 0.29) is 47.4 Å². The number of hydrogen-bond acceptors (Lipinski definition) is 5. The quantitative estimate of drug-likeness (QED) is 0.505. The summed E-state index contributed by atoms with van der Waals surface area (Å²) in [6.45, 7) is 0. The van der Waals surface area contributed by atoms with Gasteiger partial charge in [0.05, 0.1) is 23.2 Å². The molecule has 2 atom stereocenters. The van der Waals surface area contributed by atoms with Gasteiger partial charge in [0.1, 0.15) is 17.6 Å². The van der Waals surface area contributed by atoms with Crippen LogP contribution in [0.5, 0.6) is 0 Å². The van der Waals surface area contributed by atoms with Gasteiger partial charge in [-0.15, -0.1) is 0 Å². The number of aliphatic hydroxyl groups is 1. The smallest absolute Gasteiger partial charge is 0.385 e. The number of aryl methyl sites for hydroxylation is 2. The summed E-state index contributed by atoms with van der Waals surface area (Å²) >= 11 is 0. The molecule has 2 aliphatic carbocycles. The highest BCUT2D eigenvalue weighted by Crippen LogP contribution is 2.57. The van der Waals surface area contributed by atoms with Crippen molar-refractivity contribution in [3.05, 3.63) is 64.7 Å². The summed E-state index contributed by atoms with van der Waals surface area (Å²) < 4.78 is 56.9. The molecule has 0 aliphatic heterocycles. The van der Waals surface area contributed by atoms with Crippen LogP contribution in [0.3, 0.4) is 0 Å². The number of fused-ring (bicyclic) bond motifs is 1. The van der Waals surface area contributed by atoms with E-state index in [9.17, 15) is 27.5 Å². The average Bonchev–Trinajstić information content (AvgIpc) is 3.56. The van der Waals surface area contributed by atoms with E-state index in [1.54, 1.807) is 17.7 Å². The minimum Gasteiger partial charge on any atom is -0.385 e. The predicted octanol–water partition coefficient (Wildman–Crippen LogP) is 4.23. The SMILES string of the molecule is Cn1cc(C2(O)CC3CC(c4ncn(C)c4C(=O)Nc4ccc(F)c(C#N)c4)CC3C2)c(C(F)(F)F)n1. The van der Waals surface area contributed by atoms with Crippen LogP contribution >= 0.6 is 0 Å². The van der Waals surface area contributed by atoms with E-state index in [1.807, 2.05) is 0 Å². The highest BCUT2D eigenvalue weighted by Gasteiger charge is 2.54. The van der Waals surface area contributed by atoms with Crippen molar-refractivity contribution in [1.29, 1.82) is 5.26 Å². The lowest BCUT2D eigenvalue weighted by Gasteiger charge is -2.25. The van der Waals surface area contributed by atoms with E-state index in [2.05, 4.69) is 15.4 Å². The van der Waals surface area contributed by atoms with Crippen LogP contribution in [0.2, 0.25) is 0 Å². The maximum atomic E-state index is 13.6. The van der Waals surface area contributed by atoms with Crippen LogP contribution in [0.4, 0.5) is 23.2 Å². The third-order valence-electron chi connectivity index (χ3n) is 7.55. The number of hydrogen-bond donors (Lipinski definition) is 2. The summed E-state index contributed by atoms with van der Waals surface area (Å²) in [6, 6.07) is 5.44. The average molecular weight is 516 g/mol. The van der Waals surface area contributed by atoms with E-state index in [1.165, 1.54) is 31.7 Å². The molecule has 2 saturated carbocycles. The van der Waals surface area contributed by atoms with Gasteiger partial charge < -0.3 is 15.0 Å². The largest absolute Gasteiger partial charge is 0.435 e. The van der Waals surface area contributed by atoms with Crippen LogP contribution in [0.1, 0.15) is 64.6 Å². The molecule has 37 heavy (non-hydrogen) atoms. The van der Waals surface area contributed by atoms with Gasteiger partial charge in [-0.1, -0.05) is 0 Å². The van der Waals surface area contributed by atoms with Crippen molar-refractivity contribution in [2.24, 2.45) is 25.9 Å². The fraction of sp³-hybridized carbons (Fsp3) is 0.440. The Bertz CT molecular complexity index is 1410. The van der Waals surface area contributed by atoms with Crippen molar-refractivity contribution in [2.75, 3.05) is 5.32 Å². The first-order valence-corrected chi connectivity index (χ1v) is 11.8. The third kappa shape index (κ3) is 4.37. The molecule has 0 bridgehead atoms. The van der Waals surface area contributed by atoms with Crippen molar-refractivity contribution in [1.82, 2.24) is 19.3 Å². The van der Waals surface area contributed by atoms with Gasteiger partial charge in [-0.05, 0) is 55.7 Å². The zero-order chi connectivity index (χ0) is 26.7. The molecule has 194 valence electrons. The Hall–Kier alpha value is -3.72. The number of carbonyl (C=O) groups is 1. The van der Waals surface area contributed by atoms with Gasteiger partial charge in [0.25, 0.3) is 5.91 Å². The predicted molar refractivity (Wildman–Crippen MR) is 123 cm³/mol. The van der Waals surface area contributed by atoms with Crippen LogP contribution in [0.15, 0.2) is 30.7 Å².